The van der Waals surface area contributed by atoms with E-state index in [0.29, 0.717) is 34.5 Å². The fourth-order valence-corrected chi connectivity index (χ4v) is 6.26. The van der Waals surface area contributed by atoms with Gasteiger partial charge in [-0.05, 0) is 31.0 Å². The monoisotopic (exact) mass is 568 g/mol. The van der Waals surface area contributed by atoms with Gasteiger partial charge in [0, 0.05) is 29.3 Å². The van der Waals surface area contributed by atoms with Gasteiger partial charge < -0.3 is 11.1 Å². The fraction of sp³-hybridized carbons (Fsp3) is 0.192. The van der Waals surface area contributed by atoms with Crippen molar-refractivity contribution >= 4 is 45.6 Å². The van der Waals surface area contributed by atoms with Crippen LogP contribution < -0.4 is 16.0 Å². The Hall–Kier alpha value is -4.15. The molecule has 0 radical (unpaired) electrons. The Kier molecular flexibility index (Phi) is 7.40. The van der Waals surface area contributed by atoms with Crippen molar-refractivity contribution in [1.82, 2.24) is 10.2 Å². The van der Waals surface area contributed by atoms with E-state index < -0.39 is 29.3 Å². The Morgan fingerprint density at radius 2 is 1.97 bits per heavy atom. The van der Waals surface area contributed by atoms with Crippen molar-refractivity contribution in [1.29, 1.82) is 5.26 Å². The number of hydrogen-bond acceptors (Lipinski definition) is 9. The second-order valence-electron chi connectivity index (χ2n) is 8.65. The number of anilines is 2. The van der Waals surface area contributed by atoms with Crippen molar-refractivity contribution in [2.45, 2.75) is 29.5 Å². The number of Topliss-reactive ketones (excluding diaryl/α,β-unsaturated/α-hetero) is 1. The van der Waals surface area contributed by atoms with E-state index in [9.17, 15) is 28.0 Å². The van der Waals surface area contributed by atoms with Crippen molar-refractivity contribution in [2.24, 2.45) is 5.73 Å². The van der Waals surface area contributed by atoms with Crippen LogP contribution in [0.2, 0.25) is 0 Å². The van der Waals surface area contributed by atoms with Crippen molar-refractivity contribution in [3.8, 4) is 6.07 Å². The zero-order valence-electron chi connectivity index (χ0n) is 20.1. The SMILES string of the molecule is N#CC1=C(N)N(c2nnc(SCC(=O)Nc3ccc(F)cc3F)s2)C2=C(C(=O)CCC2)C1c1ccccc1F. The molecule has 2 heterocycles. The number of nitrogens with one attached hydrogen (secondary N) is 1. The molecule has 39 heavy (non-hydrogen) atoms. The summed E-state index contributed by atoms with van der Waals surface area (Å²) in [6, 6.07) is 10.9. The van der Waals surface area contributed by atoms with E-state index in [4.69, 9.17) is 5.73 Å². The van der Waals surface area contributed by atoms with Crippen LogP contribution in [0.15, 0.2) is 69.5 Å². The summed E-state index contributed by atoms with van der Waals surface area (Å²) in [6.07, 6.45) is 1.27. The number of thioether (sulfide) groups is 1. The molecule has 0 saturated heterocycles. The highest BCUT2D eigenvalue weighted by molar-refractivity contribution is 8.01. The molecule has 1 aliphatic heterocycles. The third-order valence-electron chi connectivity index (χ3n) is 6.25. The Bertz CT molecular complexity index is 1600. The molecule has 0 saturated carbocycles. The van der Waals surface area contributed by atoms with Gasteiger partial charge >= 0.3 is 0 Å². The third kappa shape index (κ3) is 5.13. The number of allylic oxidation sites excluding steroid dienone is 3. The molecule has 1 aromatic heterocycles. The first-order valence-electron chi connectivity index (χ1n) is 11.7. The Morgan fingerprint density at radius 1 is 1.18 bits per heavy atom. The molecule has 1 atom stereocenters. The summed E-state index contributed by atoms with van der Waals surface area (Å²) in [6.45, 7) is 0. The highest BCUT2D eigenvalue weighted by Gasteiger charge is 2.42. The Morgan fingerprint density at radius 3 is 2.72 bits per heavy atom. The average Bonchev–Trinajstić information content (AvgIpc) is 3.37. The molecule has 3 aromatic rings. The average molecular weight is 569 g/mol. The molecule has 3 N–H and O–H groups in total. The quantitative estimate of drug-likeness (QED) is 0.399. The number of aromatic nitrogens is 2. The third-order valence-corrected chi connectivity index (χ3v) is 8.29. The topological polar surface area (TPSA) is 125 Å². The van der Waals surface area contributed by atoms with Crippen LogP contribution in [0.25, 0.3) is 0 Å². The Balaban J connectivity index is 1.42. The predicted octanol–water partition coefficient (Wildman–Crippen LogP) is 4.99. The molecular weight excluding hydrogens is 549 g/mol. The van der Waals surface area contributed by atoms with E-state index in [1.54, 1.807) is 6.07 Å². The molecule has 1 unspecified atom stereocenters. The van der Waals surface area contributed by atoms with Crippen LogP contribution in [0.1, 0.15) is 30.7 Å². The van der Waals surface area contributed by atoms with Gasteiger partial charge in [0.15, 0.2) is 10.1 Å². The van der Waals surface area contributed by atoms with Crippen molar-refractivity contribution < 1.29 is 22.8 Å². The highest BCUT2D eigenvalue weighted by Crippen LogP contribution is 2.47. The van der Waals surface area contributed by atoms with Crippen LogP contribution in [0.4, 0.5) is 24.0 Å². The van der Waals surface area contributed by atoms with Crippen molar-refractivity contribution in [3.05, 3.63) is 88.1 Å². The van der Waals surface area contributed by atoms with Crippen LogP contribution in [0, 0.1) is 28.8 Å². The number of carbonyl (C=O) groups is 2. The second kappa shape index (κ2) is 10.9. The summed E-state index contributed by atoms with van der Waals surface area (Å²) in [5.41, 5.74) is 7.37. The van der Waals surface area contributed by atoms with Crippen LogP contribution in [-0.2, 0) is 9.59 Å². The number of nitriles is 1. The number of carbonyl (C=O) groups excluding carboxylic acids is 2. The molecule has 198 valence electrons. The van der Waals surface area contributed by atoms with Crippen LogP contribution in [-0.4, -0.2) is 27.6 Å². The molecule has 1 amide bonds. The molecule has 2 aromatic carbocycles. The number of amides is 1. The molecule has 0 fully saturated rings. The molecule has 0 bridgehead atoms. The molecular formula is C26H19F3N6O2S2. The fourth-order valence-electron chi connectivity index (χ4n) is 4.58. The van der Waals surface area contributed by atoms with Crippen molar-refractivity contribution in [3.63, 3.8) is 0 Å². The van der Waals surface area contributed by atoms with Gasteiger partial charge in [0.25, 0.3) is 0 Å². The van der Waals surface area contributed by atoms with Gasteiger partial charge in [0.2, 0.25) is 11.0 Å². The zero-order chi connectivity index (χ0) is 27.7. The Labute approximate surface area is 229 Å². The first-order valence-corrected chi connectivity index (χ1v) is 13.5. The number of halogens is 3. The standard InChI is InChI=1S/C26H19F3N6O2S2/c27-13-8-9-18(17(29)10-13)32-21(37)12-38-26-34-33-25(39-26)35-19-6-3-7-20(36)23(19)22(15(11-30)24(35)31)14-4-1-2-5-16(14)28/h1-2,4-5,8-10,22H,3,6-7,12,31H2,(H,32,37). The van der Waals surface area contributed by atoms with E-state index in [0.717, 1.165) is 35.2 Å². The van der Waals surface area contributed by atoms with Gasteiger partial charge in [0.1, 0.15) is 23.3 Å². The molecule has 8 nitrogen and oxygen atoms in total. The summed E-state index contributed by atoms with van der Waals surface area (Å²) >= 11 is 2.12. The maximum absolute atomic E-state index is 14.8. The summed E-state index contributed by atoms with van der Waals surface area (Å²) in [5.74, 6) is -3.99. The van der Waals surface area contributed by atoms with E-state index in [2.05, 4.69) is 21.6 Å². The molecule has 5 rings (SSSR count). The van der Waals surface area contributed by atoms with Gasteiger partial charge in [-0.25, -0.2) is 13.2 Å². The lowest BCUT2D eigenvalue weighted by Gasteiger charge is -2.38. The predicted molar refractivity (Wildman–Crippen MR) is 140 cm³/mol. The molecule has 13 heteroatoms. The van der Waals surface area contributed by atoms with Gasteiger partial charge in [0.05, 0.1) is 29.0 Å². The summed E-state index contributed by atoms with van der Waals surface area (Å²) in [7, 11) is 0. The molecule has 1 aliphatic carbocycles. The van der Waals surface area contributed by atoms with E-state index >= 15 is 0 Å². The minimum absolute atomic E-state index is 0.0245. The summed E-state index contributed by atoms with van der Waals surface area (Å²) in [5, 5.41) is 20.9. The highest BCUT2D eigenvalue weighted by atomic mass is 32.2. The number of nitrogens with zero attached hydrogens (tertiary/aromatic N) is 4. The summed E-state index contributed by atoms with van der Waals surface area (Å²) in [4.78, 5) is 26.9. The van der Waals surface area contributed by atoms with Crippen LogP contribution in [0.3, 0.4) is 0 Å². The van der Waals surface area contributed by atoms with Crippen molar-refractivity contribution in [2.75, 3.05) is 16.0 Å². The summed E-state index contributed by atoms with van der Waals surface area (Å²) < 4.78 is 42.1. The minimum atomic E-state index is -0.937. The van der Waals surface area contributed by atoms with E-state index in [1.165, 1.54) is 23.1 Å². The lowest BCUT2D eigenvalue weighted by Crippen LogP contribution is -2.38. The lowest BCUT2D eigenvalue weighted by molar-refractivity contribution is -0.116. The zero-order valence-corrected chi connectivity index (χ0v) is 21.7. The first-order chi connectivity index (χ1) is 18.8. The second-order valence-corrected chi connectivity index (χ2v) is 10.8. The van der Waals surface area contributed by atoms with Gasteiger partial charge in [-0.1, -0.05) is 41.3 Å². The first kappa shape index (κ1) is 26.5. The van der Waals surface area contributed by atoms with E-state index in [-0.39, 0.29) is 45.7 Å². The number of benzene rings is 2. The number of rotatable bonds is 6. The van der Waals surface area contributed by atoms with E-state index in [1.807, 2.05) is 0 Å². The molecule has 0 spiro atoms. The van der Waals surface area contributed by atoms with Gasteiger partial charge in [-0.15, -0.1) is 10.2 Å². The number of nitrogens with two attached hydrogens (primary N) is 1. The number of hydrogen-bond donors (Lipinski definition) is 2. The van der Waals surface area contributed by atoms with Crippen LogP contribution >= 0.6 is 23.1 Å². The van der Waals surface area contributed by atoms with Crippen LogP contribution in [0.5, 0.6) is 0 Å². The maximum Gasteiger partial charge on any atom is 0.234 e. The van der Waals surface area contributed by atoms with Gasteiger partial charge in [-0.3, -0.25) is 14.5 Å². The number of ketones is 1. The molecule has 2 aliphatic rings. The lowest BCUT2D eigenvalue weighted by atomic mass is 9.75. The largest absolute Gasteiger partial charge is 0.384 e. The normalized spacial score (nSPS) is 17.2. The maximum atomic E-state index is 14.8. The van der Waals surface area contributed by atoms with Gasteiger partial charge in [-0.2, -0.15) is 5.26 Å². The minimum Gasteiger partial charge on any atom is -0.384 e. The smallest absolute Gasteiger partial charge is 0.234 e.